The lowest BCUT2D eigenvalue weighted by Crippen LogP contribution is -2.26. The average Bonchev–Trinajstić information content (AvgIpc) is 2.93. The van der Waals surface area contributed by atoms with Crippen LogP contribution in [-0.4, -0.2) is 24.3 Å². The molecule has 0 amide bonds. The van der Waals surface area contributed by atoms with Crippen LogP contribution in [0, 0.1) is 12.8 Å². The Balaban J connectivity index is 0.000000771. The second-order valence-electron chi connectivity index (χ2n) is 4.31. The summed E-state index contributed by atoms with van der Waals surface area (Å²) in [6.45, 7) is 8.29. The number of nitrogens with zero attached hydrogens (tertiary/aromatic N) is 1. The molecule has 1 aliphatic rings. The van der Waals surface area contributed by atoms with Crippen LogP contribution in [0.2, 0.25) is 0 Å². The van der Waals surface area contributed by atoms with Gasteiger partial charge in [-0.3, -0.25) is 9.71 Å². The van der Waals surface area contributed by atoms with E-state index in [2.05, 4.69) is 40.3 Å². The summed E-state index contributed by atoms with van der Waals surface area (Å²) in [7, 11) is 0. The van der Waals surface area contributed by atoms with Crippen molar-refractivity contribution in [2.45, 2.75) is 33.2 Å². The third-order valence-corrected chi connectivity index (χ3v) is 3.56. The predicted molar refractivity (Wildman–Crippen MR) is 80.7 cm³/mol. The number of aromatic nitrogens is 1. The quantitative estimate of drug-likeness (QED) is 0.823. The summed E-state index contributed by atoms with van der Waals surface area (Å²) in [5.74, 6) is 0.655. The standard InChI is InChI=1S/C12H19N3S.C2H6/c1-9-3-4-11(14-7-9)12(15-16-2)10-5-6-13-8-10;1-2/h3-4,7,10,12-13,15H,5-6,8H2,1-2H3;1-2H3. The van der Waals surface area contributed by atoms with E-state index in [1.807, 2.05) is 20.0 Å². The van der Waals surface area contributed by atoms with Crippen LogP contribution in [0.3, 0.4) is 0 Å². The highest BCUT2D eigenvalue weighted by molar-refractivity contribution is 7.96. The molecular weight excluding hydrogens is 242 g/mol. The highest BCUT2D eigenvalue weighted by atomic mass is 32.2. The van der Waals surface area contributed by atoms with Gasteiger partial charge in [0.05, 0.1) is 11.7 Å². The first-order chi connectivity index (χ1) is 8.81. The molecule has 2 atom stereocenters. The SMILES string of the molecule is CC.CSNC(c1ccc(C)cn1)C1CCNC1. The molecule has 0 spiro atoms. The highest BCUT2D eigenvalue weighted by Crippen LogP contribution is 2.26. The normalized spacial score (nSPS) is 20.1. The van der Waals surface area contributed by atoms with E-state index in [1.54, 1.807) is 11.9 Å². The molecule has 1 saturated heterocycles. The van der Waals surface area contributed by atoms with Crippen molar-refractivity contribution >= 4 is 11.9 Å². The van der Waals surface area contributed by atoms with Crippen molar-refractivity contribution in [3.8, 4) is 0 Å². The number of nitrogens with one attached hydrogen (secondary N) is 2. The monoisotopic (exact) mass is 267 g/mol. The van der Waals surface area contributed by atoms with Crippen LogP contribution >= 0.6 is 11.9 Å². The number of rotatable bonds is 4. The molecular formula is C14H25N3S. The van der Waals surface area contributed by atoms with E-state index >= 15 is 0 Å². The van der Waals surface area contributed by atoms with Crippen LogP contribution in [0.15, 0.2) is 18.3 Å². The molecule has 2 heterocycles. The Kier molecular flexibility index (Phi) is 7.32. The van der Waals surface area contributed by atoms with E-state index in [0.717, 1.165) is 18.8 Å². The molecule has 0 radical (unpaired) electrons. The molecule has 0 bridgehead atoms. The fourth-order valence-corrected chi connectivity index (χ4v) is 2.72. The minimum absolute atomic E-state index is 0.366. The van der Waals surface area contributed by atoms with Crippen molar-refractivity contribution in [3.05, 3.63) is 29.6 Å². The molecule has 1 aliphatic heterocycles. The van der Waals surface area contributed by atoms with Crippen LogP contribution in [0.1, 0.15) is 37.6 Å². The molecule has 0 saturated carbocycles. The largest absolute Gasteiger partial charge is 0.316 e. The number of hydrogen-bond donors (Lipinski definition) is 2. The van der Waals surface area contributed by atoms with Crippen molar-refractivity contribution in [2.75, 3.05) is 19.3 Å². The second kappa shape index (κ2) is 8.51. The maximum atomic E-state index is 4.54. The Hall–Kier alpha value is -0.580. The smallest absolute Gasteiger partial charge is 0.0634 e. The summed E-state index contributed by atoms with van der Waals surface area (Å²) in [5, 5.41) is 3.42. The number of pyridine rings is 1. The van der Waals surface area contributed by atoms with Gasteiger partial charge in [0.2, 0.25) is 0 Å². The molecule has 1 aromatic heterocycles. The Labute approximate surface area is 115 Å². The third-order valence-electron chi connectivity index (χ3n) is 3.07. The minimum atomic E-state index is 0.366. The van der Waals surface area contributed by atoms with Gasteiger partial charge in [0, 0.05) is 6.20 Å². The molecule has 3 nitrogen and oxygen atoms in total. The van der Waals surface area contributed by atoms with Crippen LogP contribution in [0.5, 0.6) is 0 Å². The minimum Gasteiger partial charge on any atom is -0.316 e. The van der Waals surface area contributed by atoms with Crippen molar-refractivity contribution in [2.24, 2.45) is 5.92 Å². The van der Waals surface area contributed by atoms with Crippen molar-refractivity contribution in [3.63, 3.8) is 0 Å². The second-order valence-corrected chi connectivity index (χ2v) is 4.96. The lowest BCUT2D eigenvalue weighted by Gasteiger charge is -2.22. The Morgan fingerprint density at radius 1 is 1.44 bits per heavy atom. The Morgan fingerprint density at radius 2 is 2.22 bits per heavy atom. The fourth-order valence-electron chi connectivity index (χ4n) is 2.15. The lowest BCUT2D eigenvalue weighted by molar-refractivity contribution is 0.438. The Morgan fingerprint density at radius 3 is 2.72 bits per heavy atom. The molecule has 2 unspecified atom stereocenters. The van der Waals surface area contributed by atoms with E-state index < -0.39 is 0 Å². The van der Waals surface area contributed by atoms with Gasteiger partial charge in [-0.2, -0.15) is 0 Å². The van der Waals surface area contributed by atoms with Crippen molar-refractivity contribution < 1.29 is 0 Å². The first kappa shape index (κ1) is 15.5. The van der Waals surface area contributed by atoms with Crippen LogP contribution < -0.4 is 10.0 Å². The predicted octanol–water partition coefficient (Wildman–Crippen LogP) is 2.93. The zero-order chi connectivity index (χ0) is 13.4. The first-order valence-electron chi connectivity index (χ1n) is 6.73. The van der Waals surface area contributed by atoms with Crippen LogP contribution in [0.4, 0.5) is 0 Å². The van der Waals surface area contributed by atoms with Gasteiger partial charge < -0.3 is 5.32 Å². The fraction of sp³-hybridized carbons (Fsp3) is 0.643. The van der Waals surface area contributed by atoms with Gasteiger partial charge in [-0.15, -0.1) is 0 Å². The highest BCUT2D eigenvalue weighted by Gasteiger charge is 2.26. The summed E-state index contributed by atoms with van der Waals surface area (Å²) in [6, 6.07) is 4.65. The van der Waals surface area contributed by atoms with Crippen molar-refractivity contribution in [1.82, 2.24) is 15.0 Å². The molecule has 1 fully saturated rings. The molecule has 1 aromatic rings. The van der Waals surface area contributed by atoms with Crippen LogP contribution in [0.25, 0.3) is 0 Å². The summed E-state index contributed by atoms with van der Waals surface area (Å²) in [6.07, 6.45) is 5.25. The number of aryl methyl sites for hydroxylation is 1. The van der Waals surface area contributed by atoms with Gasteiger partial charge in [-0.05, 0) is 50.2 Å². The van der Waals surface area contributed by atoms with E-state index in [-0.39, 0.29) is 0 Å². The molecule has 0 aromatic carbocycles. The van der Waals surface area contributed by atoms with E-state index in [1.165, 1.54) is 12.0 Å². The van der Waals surface area contributed by atoms with Gasteiger partial charge in [0.25, 0.3) is 0 Å². The van der Waals surface area contributed by atoms with E-state index in [0.29, 0.717) is 12.0 Å². The summed E-state index contributed by atoms with van der Waals surface area (Å²) < 4.78 is 3.47. The molecule has 2 N–H and O–H groups in total. The average molecular weight is 267 g/mol. The molecule has 4 heteroatoms. The maximum Gasteiger partial charge on any atom is 0.0634 e. The summed E-state index contributed by atoms with van der Waals surface area (Å²) in [5.41, 5.74) is 2.38. The topological polar surface area (TPSA) is 37.0 Å². The van der Waals surface area contributed by atoms with Gasteiger partial charge >= 0.3 is 0 Å². The van der Waals surface area contributed by atoms with Crippen molar-refractivity contribution in [1.29, 1.82) is 0 Å². The van der Waals surface area contributed by atoms with Gasteiger partial charge in [-0.1, -0.05) is 31.9 Å². The van der Waals surface area contributed by atoms with Gasteiger partial charge in [0.1, 0.15) is 0 Å². The zero-order valence-corrected chi connectivity index (χ0v) is 12.7. The first-order valence-corrected chi connectivity index (χ1v) is 7.95. The molecule has 0 aliphatic carbocycles. The number of hydrogen-bond acceptors (Lipinski definition) is 4. The summed E-state index contributed by atoms with van der Waals surface area (Å²) >= 11 is 1.68. The zero-order valence-electron chi connectivity index (χ0n) is 11.9. The lowest BCUT2D eigenvalue weighted by atomic mass is 9.96. The van der Waals surface area contributed by atoms with Crippen LogP contribution in [-0.2, 0) is 0 Å². The molecule has 2 rings (SSSR count). The third kappa shape index (κ3) is 4.26. The summed E-state index contributed by atoms with van der Waals surface area (Å²) in [4.78, 5) is 4.54. The molecule has 102 valence electrons. The van der Waals surface area contributed by atoms with Gasteiger partial charge in [0.15, 0.2) is 0 Å². The Bertz CT molecular complexity index is 320. The van der Waals surface area contributed by atoms with Gasteiger partial charge in [-0.25, -0.2) is 0 Å². The van der Waals surface area contributed by atoms with E-state index in [4.69, 9.17) is 0 Å². The van der Waals surface area contributed by atoms with E-state index in [9.17, 15) is 0 Å². The maximum absolute atomic E-state index is 4.54. The molecule has 18 heavy (non-hydrogen) atoms.